The van der Waals surface area contributed by atoms with Gasteiger partial charge in [-0.2, -0.15) is 0 Å². The van der Waals surface area contributed by atoms with Gasteiger partial charge in [-0.25, -0.2) is 4.39 Å². The minimum Gasteiger partial charge on any atom is -0.494 e. The van der Waals surface area contributed by atoms with E-state index in [-0.39, 0.29) is 42.0 Å². The van der Waals surface area contributed by atoms with Crippen LogP contribution in [0.5, 0.6) is 5.75 Å². The molecule has 1 aromatic carbocycles. The van der Waals surface area contributed by atoms with Gasteiger partial charge in [0.15, 0.2) is 5.96 Å². The van der Waals surface area contributed by atoms with Gasteiger partial charge in [-0.05, 0) is 49.9 Å². The molecular formula is C20H31FIN3O3. The lowest BCUT2D eigenvalue weighted by molar-refractivity contribution is -0.0816. The summed E-state index contributed by atoms with van der Waals surface area (Å²) in [6.45, 7) is 4.66. The van der Waals surface area contributed by atoms with E-state index in [0.29, 0.717) is 19.0 Å². The maximum atomic E-state index is 12.9. The summed E-state index contributed by atoms with van der Waals surface area (Å²) in [6.07, 6.45) is 4.44. The van der Waals surface area contributed by atoms with Crippen molar-refractivity contribution in [2.24, 2.45) is 4.99 Å². The summed E-state index contributed by atoms with van der Waals surface area (Å²) >= 11 is 0. The topological polar surface area (TPSA) is 55.3 Å². The molecule has 2 atom stereocenters. The molecule has 0 aromatic heterocycles. The van der Waals surface area contributed by atoms with E-state index in [0.717, 1.165) is 57.9 Å². The molecule has 1 aromatic rings. The fourth-order valence-corrected chi connectivity index (χ4v) is 3.47. The van der Waals surface area contributed by atoms with E-state index in [9.17, 15) is 4.39 Å². The Kier molecular flexibility index (Phi) is 10.3. The van der Waals surface area contributed by atoms with Crippen molar-refractivity contribution < 1.29 is 18.6 Å². The van der Waals surface area contributed by atoms with Crippen LogP contribution < -0.4 is 10.1 Å². The van der Waals surface area contributed by atoms with Gasteiger partial charge in [-0.3, -0.25) is 4.99 Å². The predicted molar refractivity (Wildman–Crippen MR) is 118 cm³/mol. The van der Waals surface area contributed by atoms with Gasteiger partial charge in [-0.1, -0.05) is 0 Å². The Bertz CT molecular complexity index is 597. The Morgan fingerprint density at radius 2 is 2.00 bits per heavy atom. The molecule has 1 N–H and O–H groups in total. The second kappa shape index (κ2) is 12.4. The molecule has 2 heterocycles. The molecular weight excluding hydrogens is 476 g/mol. The number of nitrogens with zero attached hydrogens (tertiary/aromatic N) is 2. The monoisotopic (exact) mass is 507 g/mol. The lowest BCUT2D eigenvalue weighted by Crippen LogP contribution is -2.53. The van der Waals surface area contributed by atoms with Gasteiger partial charge < -0.3 is 24.4 Å². The smallest absolute Gasteiger partial charge is 0.193 e. The first-order valence-corrected chi connectivity index (χ1v) is 9.83. The lowest BCUT2D eigenvalue weighted by Gasteiger charge is -2.37. The Labute approximate surface area is 183 Å². The summed E-state index contributed by atoms with van der Waals surface area (Å²) in [5.74, 6) is 1.37. The van der Waals surface area contributed by atoms with E-state index < -0.39 is 0 Å². The molecule has 0 aliphatic carbocycles. The lowest BCUT2D eigenvalue weighted by atomic mass is 10.1. The number of aliphatic imine (C=N–C) groups is 1. The minimum absolute atomic E-state index is 0. The molecule has 2 saturated heterocycles. The average molecular weight is 507 g/mol. The van der Waals surface area contributed by atoms with Crippen molar-refractivity contribution in [3.8, 4) is 5.75 Å². The Hall–Kier alpha value is -1.13. The fraction of sp³-hybridized carbons (Fsp3) is 0.650. The van der Waals surface area contributed by atoms with Crippen molar-refractivity contribution in [1.82, 2.24) is 10.2 Å². The number of unbranched alkanes of at least 4 members (excludes halogenated alkanes) is 1. The third-order valence-electron chi connectivity index (χ3n) is 4.92. The van der Waals surface area contributed by atoms with Gasteiger partial charge in [0.05, 0.1) is 19.3 Å². The maximum absolute atomic E-state index is 12.9. The third kappa shape index (κ3) is 7.04. The van der Waals surface area contributed by atoms with Crippen LogP contribution in [0.4, 0.5) is 4.39 Å². The highest BCUT2D eigenvalue weighted by molar-refractivity contribution is 14.0. The molecule has 2 fully saturated rings. The van der Waals surface area contributed by atoms with E-state index in [4.69, 9.17) is 14.2 Å². The second-order valence-corrected chi connectivity index (χ2v) is 6.89. The maximum Gasteiger partial charge on any atom is 0.193 e. The van der Waals surface area contributed by atoms with E-state index in [1.165, 1.54) is 12.1 Å². The van der Waals surface area contributed by atoms with Gasteiger partial charge in [0.1, 0.15) is 17.7 Å². The van der Waals surface area contributed by atoms with Crippen LogP contribution in [0.1, 0.15) is 25.7 Å². The highest BCUT2D eigenvalue weighted by Crippen LogP contribution is 2.21. The highest BCUT2D eigenvalue weighted by Gasteiger charge is 2.32. The molecule has 0 saturated carbocycles. The quantitative estimate of drug-likeness (QED) is 0.266. The first-order valence-electron chi connectivity index (χ1n) is 9.83. The SMILES string of the molecule is CN=C(NCCCCOc1ccc(F)cc1)N1CCOC(C2CCCO2)C1.I. The molecule has 0 spiro atoms. The van der Waals surface area contributed by atoms with Crippen LogP contribution in [-0.2, 0) is 9.47 Å². The van der Waals surface area contributed by atoms with Gasteiger partial charge in [0.25, 0.3) is 0 Å². The molecule has 6 nitrogen and oxygen atoms in total. The number of hydrogen-bond acceptors (Lipinski definition) is 4. The summed E-state index contributed by atoms with van der Waals surface area (Å²) in [5.41, 5.74) is 0. The van der Waals surface area contributed by atoms with Gasteiger partial charge in [0, 0.05) is 33.3 Å². The van der Waals surface area contributed by atoms with E-state index >= 15 is 0 Å². The average Bonchev–Trinajstić information content (AvgIpc) is 3.24. The highest BCUT2D eigenvalue weighted by atomic mass is 127. The molecule has 2 aliphatic rings. The van der Waals surface area contributed by atoms with Crippen molar-refractivity contribution in [3.63, 3.8) is 0 Å². The van der Waals surface area contributed by atoms with Crippen molar-refractivity contribution in [3.05, 3.63) is 30.1 Å². The summed E-state index contributed by atoms with van der Waals surface area (Å²) in [6, 6.07) is 6.12. The van der Waals surface area contributed by atoms with Crippen molar-refractivity contribution >= 4 is 29.9 Å². The number of hydrogen-bond donors (Lipinski definition) is 1. The van der Waals surface area contributed by atoms with Crippen molar-refractivity contribution in [2.75, 3.05) is 46.5 Å². The Balaban J connectivity index is 0.00000280. The number of ether oxygens (including phenoxy) is 3. The molecule has 3 rings (SSSR count). The number of morpholine rings is 1. The molecule has 0 radical (unpaired) electrons. The van der Waals surface area contributed by atoms with E-state index in [1.807, 2.05) is 7.05 Å². The minimum atomic E-state index is -0.247. The number of nitrogens with one attached hydrogen (secondary N) is 1. The van der Waals surface area contributed by atoms with Crippen molar-refractivity contribution in [2.45, 2.75) is 37.9 Å². The zero-order valence-electron chi connectivity index (χ0n) is 16.4. The van der Waals surface area contributed by atoms with Gasteiger partial charge >= 0.3 is 0 Å². The third-order valence-corrected chi connectivity index (χ3v) is 4.92. The van der Waals surface area contributed by atoms with Crippen LogP contribution in [0, 0.1) is 5.82 Å². The molecule has 28 heavy (non-hydrogen) atoms. The fourth-order valence-electron chi connectivity index (χ4n) is 3.47. The zero-order valence-corrected chi connectivity index (χ0v) is 18.8. The van der Waals surface area contributed by atoms with Crippen molar-refractivity contribution in [1.29, 1.82) is 0 Å². The summed E-state index contributed by atoms with van der Waals surface area (Å²) in [5, 5.41) is 3.43. The van der Waals surface area contributed by atoms with Crippen LogP contribution in [-0.4, -0.2) is 69.6 Å². The summed E-state index contributed by atoms with van der Waals surface area (Å²) in [4.78, 5) is 6.67. The van der Waals surface area contributed by atoms with Crippen LogP contribution in [0.2, 0.25) is 0 Å². The molecule has 2 unspecified atom stereocenters. The van der Waals surface area contributed by atoms with Crippen LogP contribution >= 0.6 is 24.0 Å². The molecule has 158 valence electrons. The first kappa shape index (κ1) is 23.2. The number of benzene rings is 1. The van der Waals surface area contributed by atoms with Gasteiger partial charge in [0.2, 0.25) is 0 Å². The normalized spacial score (nSPS) is 22.6. The van der Waals surface area contributed by atoms with Crippen LogP contribution in [0.3, 0.4) is 0 Å². The molecule has 2 aliphatic heterocycles. The Morgan fingerprint density at radius 1 is 1.21 bits per heavy atom. The Morgan fingerprint density at radius 3 is 2.71 bits per heavy atom. The van der Waals surface area contributed by atoms with Crippen LogP contribution in [0.15, 0.2) is 29.3 Å². The van der Waals surface area contributed by atoms with Gasteiger partial charge in [-0.15, -0.1) is 24.0 Å². The standard InChI is InChI=1S/C20H30FN3O3.HI/c1-22-20(24-11-14-27-19(15-24)18-5-4-13-26-18)23-10-2-3-12-25-17-8-6-16(21)7-9-17;/h6-9,18-19H,2-5,10-15H2,1H3,(H,22,23);1H. The number of rotatable bonds is 7. The van der Waals surface area contributed by atoms with Crippen LogP contribution in [0.25, 0.3) is 0 Å². The van der Waals surface area contributed by atoms with E-state index in [1.54, 1.807) is 12.1 Å². The predicted octanol–water partition coefficient (Wildman–Crippen LogP) is 3.06. The number of halogens is 2. The molecule has 0 bridgehead atoms. The second-order valence-electron chi connectivity index (χ2n) is 6.89. The summed E-state index contributed by atoms with van der Waals surface area (Å²) < 4.78 is 30.2. The first-order chi connectivity index (χ1) is 13.3. The number of guanidine groups is 1. The molecule has 0 amide bonds. The largest absolute Gasteiger partial charge is 0.494 e. The summed E-state index contributed by atoms with van der Waals surface area (Å²) in [7, 11) is 1.82. The molecule has 8 heteroatoms. The zero-order chi connectivity index (χ0) is 18.9. The van der Waals surface area contributed by atoms with E-state index in [2.05, 4.69) is 15.2 Å².